The van der Waals surface area contributed by atoms with E-state index in [-0.39, 0.29) is 6.09 Å². The molecule has 1 saturated heterocycles. The van der Waals surface area contributed by atoms with Crippen molar-refractivity contribution in [2.45, 2.75) is 44.4 Å². The van der Waals surface area contributed by atoms with Crippen LogP contribution in [0.3, 0.4) is 0 Å². The molecule has 1 aliphatic carbocycles. The Balaban J connectivity index is 1.37. The summed E-state index contributed by atoms with van der Waals surface area (Å²) in [6.45, 7) is 1.20. The lowest BCUT2D eigenvalue weighted by Crippen LogP contribution is -2.41. The quantitative estimate of drug-likeness (QED) is 0.777. The second-order valence-corrected chi connectivity index (χ2v) is 6.77. The Hall–Kier alpha value is -1.59. The van der Waals surface area contributed by atoms with E-state index in [0.29, 0.717) is 43.7 Å². The zero-order valence-corrected chi connectivity index (χ0v) is 13.4. The van der Waals surface area contributed by atoms with Crippen molar-refractivity contribution in [3.05, 3.63) is 35.9 Å². The molecule has 2 fully saturated rings. The maximum Gasteiger partial charge on any atom is 0.407 e. The smallest absolute Gasteiger partial charge is 0.407 e. The number of nitrogens with one attached hydrogen (secondary N) is 2. The molecule has 1 amide bonds. The molecule has 1 aromatic carbocycles. The number of benzene rings is 1. The fourth-order valence-electron chi connectivity index (χ4n) is 3.87. The van der Waals surface area contributed by atoms with E-state index in [1.807, 2.05) is 30.3 Å². The largest absolute Gasteiger partial charge is 0.445 e. The molecular formula is C18H26N2O3. The first-order valence-electron chi connectivity index (χ1n) is 8.56. The average molecular weight is 318 g/mol. The highest BCUT2D eigenvalue weighted by molar-refractivity contribution is 5.67. The van der Waals surface area contributed by atoms with E-state index in [9.17, 15) is 9.90 Å². The first kappa shape index (κ1) is 16.3. The topological polar surface area (TPSA) is 70.6 Å². The number of carbonyl (C=O) groups excluding carboxylic acids is 1. The number of fused-ring (bicyclic) bond motifs is 1. The normalized spacial score (nSPS) is 29.8. The van der Waals surface area contributed by atoms with Gasteiger partial charge in [-0.2, -0.15) is 0 Å². The lowest BCUT2D eigenvalue weighted by Gasteiger charge is -2.30. The van der Waals surface area contributed by atoms with E-state index in [1.165, 1.54) is 0 Å². The van der Waals surface area contributed by atoms with Crippen LogP contribution in [0, 0.1) is 11.8 Å². The standard InChI is InChI=1S/C18H26N2O3/c21-11-14-6-7-17-15(8-14)9-16(20-17)10-19-18(22)23-12-13-4-2-1-3-5-13/h1-5,14-17,20-21H,6-12H2,(H,19,22)/t14-,15?,16+,17-/m0/s1. The Bertz CT molecular complexity index is 508. The summed E-state index contributed by atoms with van der Waals surface area (Å²) < 4.78 is 5.23. The minimum Gasteiger partial charge on any atom is -0.445 e. The number of ether oxygens (including phenoxy) is 1. The maximum atomic E-state index is 11.8. The van der Waals surface area contributed by atoms with Crippen molar-refractivity contribution in [3.63, 3.8) is 0 Å². The third-order valence-electron chi connectivity index (χ3n) is 5.09. The van der Waals surface area contributed by atoms with Crippen LogP contribution in [0.5, 0.6) is 0 Å². The van der Waals surface area contributed by atoms with Crippen molar-refractivity contribution in [2.75, 3.05) is 13.2 Å². The van der Waals surface area contributed by atoms with Crippen molar-refractivity contribution in [2.24, 2.45) is 11.8 Å². The average Bonchev–Trinajstić information content (AvgIpc) is 3.01. The predicted molar refractivity (Wildman–Crippen MR) is 87.9 cm³/mol. The Kier molecular flexibility index (Phi) is 5.51. The van der Waals surface area contributed by atoms with Gasteiger partial charge in [-0.15, -0.1) is 0 Å². The van der Waals surface area contributed by atoms with E-state index in [2.05, 4.69) is 10.6 Å². The van der Waals surface area contributed by atoms with Gasteiger partial charge in [0.05, 0.1) is 0 Å². The first-order chi connectivity index (χ1) is 11.2. The van der Waals surface area contributed by atoms with Crippen LogP contribution < -0.4 is 10.6 Å². The molecule has 5 heteroatoms. The van der Waals surface area contributed by atoms with Crippen molar-refractivity contribution < 1.29 is 14.6 Å². The summed E-state index contributed by atoms with van der Waals surface area (Å²) in [4.78, 5) is 11.8. The van der Waals surface area contributed by atoms with Crippen molar-refractivity contribution in [3.8, 4) is 0 Å². The molecule has 2 aliphatic rings. The third kappa shape index (κ3) is 4.45. The molecule has 1 unspecified atom stereocenters. The number of hydrogen-bond acceptors (Lipinski definition) is 4. The van der Waals surface area contributed by atoms with Gasteiger partial charge in [-0.3, -0.25) is 0 Å². The van der Waals surface area contributed by atoms with Gasteiger partial charge in [-0.1, -0.05) is 30.3 Å². The number of amides is 1. The predicted octanol–water partition coefficient (Wildman–Crippen LogP) is 2.05. The molecule has 5 nitrogen and oxygen atoms in total. The van der Waals surface area contributed by atoms with Crippen LogP contribution >= 0.6 is 0 Å². The summed E-state index contributed by atoms with van der Waals surface area (Å²) in [6.07, 6.45) is 4.04. The summed E-state index contributed by atoms with van der Waals surface area (Å²) in [5.41, 5.74) is 0.989. The van der Waals surface area contributed by atoms with E-state index in [1.54, 1.807) is 0 Å². The van der Waals surface area contributed by atoms with Crippen molar-refractivity contribution >= 4 is 6.09 Å². The summed E-state index contributed by atoms with van der Waals surface area (Å²) >= 11 is 0. The van der Waals surface area contributed by atoms with Gasteiger partial charge in [0.25, 0.3) is 0 Å². The minimum atomic E-state index is -0.362. The Morgan fingerprint density at radius 1 is 1.26 bits per heavy atom. The monoisotopic (exact) mass is 318 g/mol. The molecule has 1 heterocycles. The van der Waals surface area contributed by atoms with Crippen LogP contribution in [-0.2, 0) is 11.3 Å². The third-order valence-corrected chi connectivity index (χ3v) is 5.09. The highest BCUT2D eigenvalue weighted by Crippen LogP contribution is 2.36. The molecule has 4 atom stereocenters. The zero-order valence-electron chi connectivity index (χ0n) is 13.4. The van der Waals surface area contributed by atoms with Crippen LogP contribution in [0.2, 0.25) is 0 Å². The van der Waals surface area contributed by atoms with Gasteiger partial charge in [-0.25, -0.2) is 4.79 Å². The van der Waals surface area contributed by atoms with E-state index >= 15 is 0 Å². The Labute approximate surface area is 137 Å². The first-order valence-corrected chi connectivity index (χ1v) is 8.56. The Morgan fingerprint density at radius 3 is 2.87 bits per heavy atom. The second kappa shape index (κ2) is 7.79. The fraction of sp³-hybridized carbons (Fsp3) is 0.611. The number of aliphatic hydroxyl groups is 1. The summed E-state index contributed by atoms with van der Waals surface area (Å²) in [6, 6.07) is 10.5. The summed E-state index contributed by atoms with van der Waals surface area (Å²) in [5.74, 6) is 1.09. The SMILES string of the molecule is O=C(NC[C@H]1CC2C[C@@H](CO)CC[C@@H]2N1)OCc1ccccc1. The molecule has 0 spiro atoms. The van der Waals surface area contributed by atoms with Gasteiger partial charge in [0.15, 0.2) is 0 Å². The lowest BCUT2D eigenvalue weighted by molar-refractivity contribution is 0.138. The van der Waals surface area contributed by atoms with E-state index in [4.69, 9.17) is 4.74 Å². The molecule has 1 aromatic rings. The molecule has 0 aromatic heterocycles. The van der Waals surface area contributed by atoms with Crippen LogP contribution in [0.1, 0.15) is 31.2 Å². The molecule has 0 radical (unpaired) electrons. The maximum absolute atomic E-state index is 11.8. The van der Waals surface area contributed by atoms with E-state index < -0.39 is 0 Å². The van der Waals surface area contributed by atoms with Crippen LogP contribution in [-0.4, -0.2) is 36.4 Å². The van der Waals surface area contributed by atoms with Gasteiger partial charge in [0, 0.05) is 25.2 Å². The molecule has 3 rings (SSSR count). The highest BCUT2D eigenvalue weighted by atomic mass is 16.5. The number of rotatable bonds is 5. The molecule has 23 heavy (non-hydrogen) atoms. The second-order valence-electron chi connectivity index (χ2n) is 6.77. The molecular weight excluding hydrogens is 292 g/mol. The Morgan fingerprint density at radius 2 is 2.09 bits per heavy atom. The molecule has 1 aliphatic heterocycles. The number of carbonyl (C=O) groups is 1. The molecule has 1 saturated carbocycles. The minimum absolute atomic E-state index is 0.300. The molecule has 126 valence electrons. The van der Waals surface area contributed by atoms with Crippen molar-refractivity contribution in [1.29, 1.82) is 0 Å². The molecule has 0 bridgehead atoms. The fourth-order valence-corrected chi connectivity index (χ4v) is 3.87. The summed E-state index contributed by atoms with van der Waals surface area (Å²) in [5, 5.41) is 15.8. The lowest BCUT2D eigenvalue weighted by atomic mass is 9.78. The van der Waals surface area contributed by atoms with Gasteiger partial charge >= 0.3 is 6.09 Å². The van der Waals surface area contributed by atoms with Crippen molar-refractivity contribution in [1.82, 2.24) is 10.6 Å². The van der Waals surface area contributed by atoms with Crippen LogP contribution in [0.25, 0.3) is 0 Å². The number of alkyl carbamates (subject to hydrolysis) is 1. The van der Waals surface area contributed by atoms with Gasteiger partial charge in [0.2, 0.25) is 0 Å². The highest BCUT2D eigenvalue weighted by Gasteiger charge is 2.37. The number of hydrogen-bond donors (Lipinski definition) is 3. The van der Waals surface area contributed by atoms with Gasteiger partial charge in [-0.05, 0) is 43.1 Å². The van der Waals surface area contributed by atoms with Gasteiger partial charge < -0.3 is 20.5 Å². The summed E-state index contributed by atoms with van der Waals surface area (Å²) in [7, 11) is 0. The van der Waals surface area contributed by atoms with Crippen LogP contribution in [0.15, 0.2) is 30.3 Å². The van der Waals surface area contributed by atoms with Gasteiger partial charge in [0.1, 0.15) is 6.61 Å². The van der Waals surface area contributed by atoms with Crippen LogP contribution in [0.4, 0.5) is 4.79 Å². The zero-order chi connectivity index (χ0) is 16.1. The molecule has 3 N–H and O–H groups in total. The number of aliphatic hydroxyl groups excluding tert-OH is 1. The van der Waals surface area contributed by atoms with E-state index in [0.717, 1.165) is 31.2 Å².